The molecule has 0 unspecified atom stereocenters. The van der Waals surface area contributed by atoms with Crippen LogP contribution in [0.25, 0.3) is 6.08 Å². The summed E-state index contributed by atoms with van der Waals surface area (Å²) in [6.07, 6.45) is 1.47. The minimum absolute atomic E-state index is 0.0249. The lowest BCUT2D eigenvalue weighted by Crippen LogP contribution is -2.30. The highest BCUT2D eigenvalue weighted by atomic mass is 35.5. The minimum Gasteiger partial charge on any atom is -0.349 e. The van der Waals surface area contributed by atoms with E-state index in [1.54, 1.807) is 18.2 Å². The number of nitrogens with one attached hydrogen (secondary N) is 1. The second kappa shape index (κ2) is 6.44. The van der Waals surface area contributed by atoms with Crippen LogP contribution in [0.15, 0.2) is 23.8 Å². The molecule has 0 saturated carbocycles. The number of hydrogen-bond acceptors (Lipinski definition) is 2. The Hall–Kier alpha value is -1.50. The van der Waals surface area contributed by atoms with Crippen molar-refractivity contribution in [3.63, 3.8) is 0 Å². The maximum atomic E-state index is 11.7. The van der Waals surface area contributed by atoms with Gasteiger partial charge in [0, 0.05) is 6.04 Å². The standard InChI is InChI=1S/C13H12Cl2N2O/c1-8(2)17-13(18)10(7-16)5-9-3-4-11(14)12(15)6-9/h3-6,8H,1-2H3,(H,17,18). The Morgan fingerprint density at radius 2 is 2.06 bits per heavy atom. The molecule has 1 amide bonds. The zero-order valence-corrected chi connectivity index (χ0v) is 11.5. The van der Waals surface area contributed by atoms with Crippen LogP contribution < -0.4 is 5.32 Å². The third-order valence-electron chi connectivity index (χ3n) is 2.04. The number of nitriles is 1. The third-order valence-corrected chi connectivity index (χ3v) is 2.78. The number of halogens is 2. The lowest BCUT2D eigenvalue weighted by atomic mass is 10.1. The van der Waals surface area contributed by atoms with Gasteiger partial charge in [-0.15, -0.1) is 0 Å². The van der Waals surface area contributed by atoms with Gasteiger partial charge in [-0.25, -0.2) is 0 Å². The molecule has 0 saturated heterocycles. The SMILES string of the molecule is CC(C)NC(=O)C(C#N)=Cc1ccc(Cl)c(Cl)c1. The Balaban J connectivity index is 3.01. The number of hydrogen-bond donors (Lipinski definition) is 1. The van der Waals surface area contributed by atoms with Crippen molar-refractivity contribution >= 4 is 35.2 Å². The summed E-state index contributed by atoms with van der Waals surface area (Å²) in [5.41, 5.74) is 0.682. The van der Waals surface area contributed by atoms with Gasteiger partial charge in [-0.05, 0) is 37.6 Å². The average Bonchev–Trinajstić information content (AvgIpc) is 2.29. The summed E-state index contributed by atoms with van der Waals surface area (Å²) >= 11 is 11.6. The molecule has 1 rings (SSSR count). The van der Waals surface area contributed by atoms with Gasteiger partial charge in [0.15, 0.2) is 0 Å². The van der Waals surface area contributed by atoms with Gasteiger partial charge in [-0.3, -0.25) is 4.79 Å². The summed E-state index contributed by atoms with van der Waals surface area (Å²) in [5.74, 6) is -0.404. The van der Waals surface area contributed by atoms with E-state index in [0.717, 1.165) is 0 Å². The molecular formula is C13H12Cl2N2O. The summed E-state index contributed by atoms with van der Waals surface area (Å²) in [4.78, 5) is 11.7. The van der Waals surface area contributed by atoms with E-state index in [0.29, 0.717) is 15.6 Å². The summed E-state index contributed by atoms with van der Waals surface area (Å²) in [7, 11) is 0. The van der Waals surface area contributed by atoms with Crippen LogP contribution in [0.3, 0.4) is 0 Å². The summed E-state index contributed by atoms with van der Waals surface area (Å²) in [5, 5.41) is 12.4. The molecule has 0 bridgehead atoms. The molecule has 1 N–H and O–H groups in total. The molecule has 0 heterocycles. The maximum absolute atomic E-state index is 11.7. The van der Waals surface area contributed by atoms with E-state index in [-0.39, 0.29) is 11.6 Å². The first kappa shape index (κ1) is 14.6. The molecule has 1 aromatic rings. The average molecular weight is 283 g/mol. The first-order valence-corrected chi connectivity index (χ1v) is 6.07. The largest absolute Gasteiger partial charge is 0.349 e. The predicted octanol–water partition coefficient (Wildman–Crippen LogP) is 3.42. The van der Waals surface area contributed by atoms with Gasteiger partial charge in [0.1, 0.15) is 11.6 Å². The molecule has 1 aromatic carbocycles. The Labute approximate surface area is 116 Å². The van der Waals surface area contributed by atoms with Gasteiger partial charge in [0.05, 0.1) is 10.0 Å². The van der Waals surface area contributed by atoms with Crippen molar-refractivity contribution < 1.29 is 4.79 Å². The van der Waals surface area contributed by atoms with E-state index in [4.69, 9.17) is 28.5 Å². The quantitative estimate of drug-likeness (QED) is 0.682. The number of carbonyl (C=O) groups is 1. The fourth-order valence-electron chi connectivity index (χ4n) is 1.26. The van der Waals surface area contributed by atoms with Crippen LogP contribution in [0.2, 0.25) is 10.0 Å². The highest BCUT2D eigenvalue weighted by Crippen LogP contribution is 2.23. The van der Waals surface area contributed by atoms with Crippen molar-refractivity contribution in [3.8, 4) is 6.07 Å². The fourth-order valence-corrected chi connectivity index (χ4v) is 1.56. The first-order chi connectivity index (χ1) is 8.43. The second-order valence-electron chi connectivity index (χ2n) is 3.97. The molecule has 0 aliphatic heterocycles. The zero-order chi connectivity index (χ0) is 13.7. The fraction of sp³-hybridized carbons (Fsp3) is 0.231. The van der Waals surface area contributed by atoms with Crippen LogP contribution in [-0.2, 0) is 4.79 Å². The van der Waals surface area contributed by atoms with Crippen molar-refractivity contribution in [1.82, 2.24) is 5.32 Å². The normalized spacial score (nSPS) is 11.2. The van der Waals surface area contributed by atoms with E-state index < -0.39 is 5.91 Å². The maximum Gasteiger partial charge on any atom is 0.262 e. The van der Waals surface area contributed by atoms with Crippen molar-refractivity contribution in [2.24, 2.45) is 0 Å². The Bertz CT molecular complexity index is 530. The molecule has 94 valence electrons. The first-order valence-electron chi connectivity index (χ1n) is 5.31. The van der Waals surface area contributed by atoms with Gasteiger partial charge < -0.3 is 5.32 Å². The third kappa shape index (κ3) is 4.06. The van der Waals surface area contributed by atoms with Crippen LogP contribution in [0.5, 0.6) is 0 Å². The minimum atomic E-state index is -0.404. The molecule has 0 aliphatic carbocycles. The Morgan fingerprint density at radius 3 is 2.56 bits per heavy atom. The topological polar surface area (TPSA) is 52.9 Å². The van der Waals surface area contributed by atoms with Crippen LogP contribution in [0.4, 0.5) is 0 Å². The predicted molar refractivity (Wildman–Crippen MR) is 73.3 cm³/mol. The Kier molecular flexibility index (Phi) is 5.21. The summed E-state index contributed by atoms with van der Waals surface area (Å²) < 4.78 is 0. The molecule has 0 aromatic heterocycles. The van der Waals surface area contributed by atoms with Crippen molar-refractivity contribution in [2.75, 3.05) is 0 Å². The van der Waals surface area contributed by atoms with E-state index in [9.17, 15) is 4.79 Å². The number of carbonyl (C=O) groups excluding carboxylic acids is 1. The van der Waals surface area contributed by atoms with E-state index >= 15 is 0 Å². The van der Waals surface area contributed by atoms with Gasteiger partial charge in [0.2, 0.25) is 0 Å². The number of nitrogens with zero attached hydrogens (tertiary/aromatic N) is 1. The highest BCUT2D eigenvalue weighted by Gasteiger charge is 2.10. The van der Waals surface area contributed by atoms with E-state index in [2.05, 4.69) is 5.32 Å². The van der Waals surface area contributed by atoms with Gasteiger partial charge in [-0.1, -0.05) is 29.3 Å². The molecule has 3 nitrogen and oxygen atoms in total. The molecule has 18 heavy (non-hydrogen) atoms. The van der Waals surface area contributed by atoms with Crippen molar-refractivity contribution in [3.05, 3.63) is 39.4 Å². The van der Waals surface area contributed by atoms with Gasteiger partial charge >= 0.3 is 0 Å². The molecule has 0 spiro atoms. The van der Waals surface area contributed by atoms with Crippen LogP contribution in [0.1, 0.15) is 19.4 Å². The summed E-state index contributed by atoms with van der Waals surface area (Å²) in [6.45, 7) is 3.65. The summed E-state index contributed by atoms with van der Waals surface area (Å²) in [6, 6.07) is 6.74. The van der Waals surface area contributed by atoms with Crippen molar-refractivity contribution in [1.29, 1.82) is 5.26 Å². The molecule has 0 fully saturated rings. The van der Waals surface area contributed by atoms with E-state index in [1.807, 2.05) is 19.9 Å². The molecule has 0 aliphatic rings. The van der Waals surface area contributed by atoms with Gasteiger partial charge in [0.25, 0.3) is 5.91 Å². The molecular weight excluding hydrogens is 271 g/mol. The monoisotopic (exact) mass is 282 g/mol. The van der Waals surface area contributed by atoms with Crippen LogP contribution >= 0.6 is 23.2 Å². The van der Waals surface area contributed by atoms with E-state index in [1.165, 1.54) is 6.08 Å². The van der Waals surface area contributed by atoms with Crippen LogP contribution in [0, 0.1) is 11.3 Å². The number of rotatable bonds is 3. The lowest BCUT2D eigenvalue weighted by molar-refractivity contribution is -0.117. The van der Waals surface area contributed by atoms with Gasteiger partial charge in [-0.2, -0.15) is 5.26 Å². The molecule has 5 heteroatoms. The lowest BCUT2D eigenvalue weighted by Gasteiger charge is -2.07. The van der Waals surface area contributed by atoms with Crippen LogP contribution in [-0.4, -0.2) is 11.9 Å². The number of amides is 1. The smallest absolute Gasteiger partial charge is 0.262 e. The zero-order valence-electron chi connectivity index (χ0n) is 10.00. The molecule has 0 radical (unpaired) electrons. The second-order valence-corrected chi connectivity index (χ2v) is 4.79. The highest BCUT2D eigenvalue weighted by molar-refractivity contribution is 6.42. The molecule has 0 atom stereocenters. The van der Waals surface area contributed by atoms with Crippen molar-refractivity contribution in [2.45, 2.75) is 19.9 Å². The number of benzene rings is 1. The Morgan fingerprint density at radius 1 is 1.39 bits per heavy atom.